The third-order valence-corrected chi connectivity index (χ3v) is 3.68. The number of fused-ring (bicyclic) bond motifs is 1. The molecule has 1 aliphatic heterocycles. The predicted molar refractivity (Wildman–Crippen MR) is 80.0 cm³/mol. The molecule has 20 heavy (non-hydrogen) atoms. The van der Waals surface area contributed by atoms with E-state index in [0.29, 0.717) is 13.0 Å². The Bertz CT molecular complexity index is 511. The van der Waals surface area contributed by atoms with Gasteiger partial charge in [-0.2, -0.15) is 0 Å². The second-order valence-corrected chi connectivity index (χ2v) is 5.39. The molecule has 1 N–H and O–H groups in total. The highest BCUT2D eigenvalue weighted by Crippen LogP contribution is 2.24. The van der Waals surface area contributed by atoms with Gasteiger partial charge >= 0.3 is 6.03 Å². The quantitative estimate of drug-likeness (QED) is 0.633. The van der Waals surface area contributed by atoms with Crippen molar-refractivity contribution in [2.45, 2.75) is 45.6 Å². The summed E-state index contributed by atoms with van der Waals surface area (Å²) in [6.45, 7) is 2.72. The highest BCUT2D eigenvalue weighted by molar-refractivity contribution is 5.98. The first kappa shape index (κ1) is 14.6. The van der Waals surface area contributed by atoms with E-state index in [1.807, 2.05) is 18.2 Å². The molecule has 0 aliphatic carbocycles. The maximum atomic E-state index is 12.1. The van der Waals surface area contributed by atoms with Crippen molar-refractivity contribution in [1.29, 1.82) is 0 Å². The molecule has 4 nitrogen and oxygen atoms in total. The first-order chi connectivity index (χ1) is 9.61. The number of nitrogens with zero attached hydrogens (tertiary/aromatic N) is 1. The van der Waals surface area contributed by atoms with E-state index in [0.717, 1.165) is 29.7 Å². The van der Waals surface area contributed by atoms with Crippen molar-refractivity contribution in [2.24, 2.45) is 0 Å². The lowest BCUT2D eigenvalue weighted by atomic mass is 10.00. The standard InChI is InChI=1S/C16H22N2O2/c1-3-4-5-6-7-15(19)12-8-9-14-13(10-12)11-18(2)16(20)17-14/h8-10H,3-7,11H2,1-2H3,(H,17,20). The maximum Gasteiger partial charge on any atom is 0.321 e. The fourth-order valence-corrected chi connectivity index (χ4v) is 2.41. The molecule has 2 rings (SSSR count). The van der Waals surface area contributed by atoms with Gasteiger partial charge in [0.2, 0.25) is 0 Å². The SMILES string of the molecule is CCCCCCC(=O)c1ccc2c(c1)CN(C)C(=O)N2. The fourth-order valence-electron chi connectivity index (χ4n) is 2.41. The Morgan fingerprint density at radius 2 is 2.10 bits per heavy atom. The van der Waals surface area contributed by atoms with E-state index in [4.69, 9.17) is 0 Å². The van der Waals surface area contributed by atoms with Crippen LogP contribution in [0.5, 0.6) is 0 Å². The maximum absolute atomic E-state index is 12.1. The van der Waals surface area contributed by atoms with Crippen LogP contribution in [0.3, 0.4) is 0 Å². The van der Waals surface area contributed by atoms with Crippen LogP contribution in [0.15, 0.2) is 18.2 Å². The van der Waals surface area contributed by atoms with Gasteiger partial charge in [0.15, 0.2) is 5.78 Å². The summed E-state index contributed by atoms with van der Waals surface area (Å²) in [5.74, 6) is 0.198. The number of unbranched alkanes of at least 4 members (excludes halogenated alkanes) is 3. The number of carbonyl (C=O) groups is 2. The van der Waals surface area contributed by atoms with Crippen LogP contribution in [0.1, 0.15) is 54.9 Å². The zero-order valence-electron chi connectivity index (χ0n) is 12.2. The summed E-state index contributed by atoms with van der Waals surface area (Å²) in [6, 6.07) is 5.45. The molecule has 0 saturated carbocycles. The van der Waals surface area contributed by atoms with E-state index in [9.17, 15) is 9.59 Å². The number of ketones is 1. The lowest BCUT2D eigenvalue weighted by Crippen LogP contribution is -2.35. The molecule has 1 aromatic carbocycles. The first-order valence-corrected chi connectivity index (χ1v) is 7.30. The van der Waals surface area contributed by atoms with Gasteiger partial charge in [-0.25, -0.2) is 4.79 Å². The second-order valence-electron chi connectivity index (χ2n) is 5.39. The third-order valence-electron chi connectivity index (χ3n) is 3.68. The lowest BCUT2D eigenvalue weighted by Gasteiger charge is -2.26. The van der Waals surface area contributed by atoms with Crippen LogP contribution >= 0.6 is 0 Å². The molecule has 1 heterocycles. The van der Waals surface area contributed by atoms with Crippen LogP contribution in [0, 0.1) is 0 Å². The van der Waals surface area contributed by atoms with Crippen LogP contribution in [0.4, 0.5) is 10.5 Å². The van der Waals surface area contributed by atoms with Crippen molar-refractivity contribution in [1.82, 2.24) is 4.90 Å². The number of hydrogen-bond donors (Lipinski definition) is 1. The van der Waals surface area contributed by atoms with Crippen LogP contribution in [-0.2, 0) is 6.54 Å². The minimum atomic E-state index is -0.101. The van der Waals surface area contributed by atoms with Crippen molar-refractivity contribution in [2.75, 3.05) is 12.4 Å². The van der Waals surface area contributed by atoms with Gasteiger partial charge in [0.05, 0.1) is 0 Å². The van der Waals surface area contributed by atoms with Crippen molar-refractivity contribution >= 4 is 17.5 Å². The largest absolute Gasteiger partial charge is 0.323 e. The van der Waals surface area contributed by atoms with E-state index in [-0.39, 0.29) is 11.8 Å². The number of benzene rings is 1. The number of hydrogen-bond acceptors (Lipinski definition) is 2. The second kappa shape index (κ2) is 6.55. The van der Waals surface area contributed by atoms with Gasteiger partial charge in [-0.3, -0.25) is 4.79 Å². The van der Waals surface area contributed by atoms with E-state index in [1.54, 1.807) is 11.9 Å². The van der Waals surface area contributed by atoms with Crippen molar-refractivity contribution < 1.29 is 9.59 Å². The molecular weight excluding hydrogens is 252 g/mol. The molecule has 4 heteroatoms. The van der Waals surface area contributed by atoms with Gasteiger partial charge in [0.1, 0.15) is 0 Å². The Labute approximate surface area is 120 Å². The van der Waals surface area contributed by atoms with Gasteiger partial charge in [-0.05, 0) is 30.2 Å². The molecule has 0 bridgehead atoms. The topological polar surface area (TPSA) is 49.4 Å². The van der Waals surface area contributed by atoms with Crippen LogP contribution in [-0.4, -0.2) is 23.8 Å². The molecule has 0 fully saturated rings. The van der Waals surface area contributed by atoms with Gasteiger partial charge in [-0.1, -0.05) is 26.2 Å². The fraction of sp³-hybridized carbons (Fsp3) is 0.500. The molecule has 0 unspecified atom stereocenters. The van der Waals surface area contributed by atoms with Crippen molar-refractivity contribution in [3.05, 3.63) is 29.3 Å². The Hall–Kier alpha value is -1.84. The number of Topliss-reactive ketones (excluding diaryl/α,β-unsaturated/α-hetero) is 1. The summed E-state index contributed by atoms with van der Waals surface area (Å²) in [6.07, 6.45) is 5.06. The van der Waals surface area contributed by atoms with Crippen molar-refractivity contribution in [3.63, 3.8) is 0 Å². The van der Waals surface area contributed by atoms with Crippen LogP contribution in [0.2, 0.25) is 0 Å². The Morgan fingerprint density at radius 3 is 2.85 bits per heavy atom. The monoisotopic (exact) mass is 274 g/mol. The van der Waals surface area contributed by atoms with E-state index in [1.165, 1.54) is 12.8 Å². The average Bonchev–Trinajstić information content (AvgIpc) is 2.44. The average molecular weight is 274 g/mol. The lowest BCUT2D eigenvalue weighted by molar-refractivity contribution is 0.0979. The molecule has 1 aromatic rings. The van der Waals surface area contributed by atoms with Gasteiger partial charge in [0, 0.05) is 31.3 Å². The first-order valence-electron chi connectivity index (χ1n) is 7.30. The third kappa shape index (κ3) is 3.38. The Morgan fingerprint density at radius 1 is 1.30 bits per heavy atom. The summed E-state index contributed by atoms with van der Waals surface area (Å²) in [7, 11) is 1.75. The highest BCUT2D eigenvalue weighted by atomic mass is 16.2. The van der Waals surface area contributed by atoms with Crippen LogP contribution < -0.4 is 5.32 Å². The molecule has 0 saturated heterocycles. The van der Waals surface area contributed by atoms with E-state index in [2.05, 4.69) is 12.2 Å². The minimum absolute atomic E-state index is 0.101. The number of anilines is 1. The number of urea groups is 1. The number of carbonyl (C=O) groups excluding carboxylic acids is 2. The Kier molecular flexibility index (Phi) is 4.77. The summed E-state index contributed by atoms with van der Waals surface area (Å²) in [5.41, 5.74) is 2.58. The van der Waals surface area contributed by atoms with Gasteiger partial charge < -0.3 is 10.2 Å². The molecular formula is C16H22N2O2. The molecule has 2 amide bonds. The zero-order valence-corrected chi connectivity index (χ0v) is 12.2. The smallest absolute Gasteiger partial charge is 0.321 e. The molecule has 0 radical (unpaired) electrons. The van der Waals surface area contributed by atoms with Gasteiger partial charge in [0.25, 0.3) is 0 Å². The van der Waals surface area contributed by atoms with Crippen LogP contribution in [0.25, 0.3) is 0 Å². The number of amides is 2. The minimum Gasteiger partial charge on any atom is -0.323 e. The molecule has 0 spiro atoms. The highest BCUT2D eigenvalue weighted by Gasteiger charge is 2.20. The summed E-state index contributed by atoms with van der Waals surface area (Å²) < 4.78 is 0. The van der Waals surface area contributed by atoms with E-state index >= 15 is 0 Å². The predicted octanol–water partition coefficient (Wildman–Crippen LogP) is 3.82. The Balaban J connectivity index is 2.02. The number of rotatable bonds is 6. The molecule has 0 aromatic heterocycles. The molecule has 1 aliphatic rings. The van der Waals surface area contributed by atoms with Gasteiger partial charge in [-0.15, -0.1) is 0 Å². The van der Waals surface area contributed by atoms with Crippen molar-refractivity contribution in [3.8, 4) is 0 Å². The summed E-state index contributed by atoms with van der Waals surface area (Å²) in [4.78, 5) is 25.3. The molecule has 108 valence electrons. The van der Waals surface area contributed by atoms with E-state index < -0.39 is 0 Å². The molecule has 0 atom stereocenters. The number of nitrogens with one attached hydrogen (secondary N) is 1. The normalized spacial score (nSPS) is 13.9. The summed E-state index contributed by atoms with van der Waals surface area (Å²) in [5, 5.41) is 2.81. The zero-order chi connectivity index (χ0) is 14.5. The summed E-state index contributed by atoms with van der Waals surface area (Å²) >= 11 is 0.